The Morgan fingerprint density at radius 3 is 2.39 bits per heavy atom. The molecule has 0 aliphatic carbocycles. The van der Waals surface area contributed by atoms with Crippen molar-refractivity contribution in [2.45, 2.75) is 24.4 Å². The largest absolute Gasteiger partial charge is 0.302 e. The molecule has 0 fully saturated rings. The van der Waals surface area contributed by atoms with E-state index in [9.17, 15) is 4.39 Å². The molecule has 0 aliphatic rings. The molecule has 118 valence electrons. The molecule has 0 aliphatic heterocycles. The minimum atomic E-state index is -0.249. The number of aromatic nitrogens is 3. The molecule has 0 saturated carbocycles. The van der Waals surface area contributed by atoms with Gasteiger partial charge >= 0.3 is 0 Å². The van der Waals surface area contributed by atoms with Gasteiger partial charge in [-0.25, -0.2) is 4.39 Å². The topological polar surface area (TPSA) is 30.7 Å². The van der Waals surface area contributed by atoms with Crippen LogP contribution in [0.15, 0.2) is 58.2 Å². The van der Waals surface area contributed by atoms with Crippen molar-refractivity contribution in [2.24, 2.45) is 0 Å². The maximum Gasteiger partial charge on any atom is 0.191 e. The molecule has 0 atom stereocenters. The summed E-state index contributed by atoms with van der Waals surface area (Å²) in [6.07, 6.45) is 0. The summed E-state index contributed by atoms with van der Waals surface area (Å²) in [5.74, 6) is 1.35. The second-order valence-electron chi connectivity index (χ2n) is 4.97. The van der Waals surface area contributed by atoms with Crippen LogP contribution < -0.4 is 0 Å². The first-order valence-electron chi connectivity index (χ1n) is 7.23. The number of halogens is 2. The van der Waals surface area contributed by atoms with Gasteiger partial charge in [-0.3, -0.25) is 0 Å². The molecular formula is C17H15BrFN3S. The Morgan fingerprint density at radius 1 is 1.04 bits per heavy atom. The highest BCUT2D eigenvalue weighted by Gasteiger charge is 2.13. The zero-order valence-corrected chi connectivity index (χ0v) is 14.9. The number of hydrogen-bond acceptors (Lipinski definition) is 3. The molecule has 0 amide bonds. The van der Waals surface area contributed by atoms with Crippen LogP contribution in [0, 0.1) is 5.82 Å². The van der Waals surface area contributed by atoms with Crippen molar-refractivity contribution in [2.75, 3.05) is 0 Å². The Kier molecular flexibility index (Phi) is 5.13. The maximum absolute atomic E-state index is 13.1. The van der Waals surface area contributed by atoms with Gasteiger partial charge in [0.1, 0.15) is 5.82 Å². The molecule has 1 heterocycles. The van der Waals surface area contributed by atoms with Gasteiger partial charge in [-0.1, -0.05) is 39.8 Å². The Balaban J connectivity index is 1.80. The fraction of sp³-hybridized carbons (Fsp3) is 0.176. The van der Waals surface area contributed by atoms with Crippen molar-refractivity contribution < 1.29 is 4.39 Å². The molecule has 0 bridgehead atoms. The molecule has 0 unspecified atom stereocenters. The lowest BCUT2D eigenvalue weighted by molar-refractivity contribution is 0.627. The molecule has 3 nitrogen and oxygen atoms in total. The van der Waals surface area contributed by atoms with Crippen molar-refractivity contribution in [1.82, 2.24) is 14.8 Å². The first kappa shape index (κ1) is 16.2. The van der Waals surface area contributed by atoms with Crippen LogP contribution >= 0.6 is 27.7 Å². The van der Waals surface area contributed by atoms with Crippen molar-refractivity contribution in [1.29, 1.82) is 0 Å². The summed E-state index contributed by atoms with van der Waals surface area (Å²) in [5, 5.41) is 9.44. The predicted octanol–water partition coefficient (Wildman–Crippen LogP) is 5.16. The van der Waals surface area contributed by atoms with Crippen LogP contribution in [-0.2, 0) is 12.3 Å². The first-order chi connectivity index (χ1) is 11.2. The number of benzene rings is 2. The third kappa shape index (κ3) is 3.82. The van der Waals surface area contributed by atoms with Crippen LogP contribution in [0.4, 0.5) is 4.39 Å². The number of hydrogen-bond donors (Lipinski definition) is 0. The Labute approximate surface area is 147 Å². The van der Waals surface area contributed by atoms with Crippen molar-refractivity contribution in [3.05, 3.63) is 64.4 Å². The second kappa shape index (κ2) is 7.27. The highest BCUT2D eigenvalue weighted by molar-refractivity contribution is 9.10. The smallest absolute Gasteiger partial charge is 0.191 e. The molecule has 6 heteroatoms. The number of nitrogens with zero attached hydrogens (tertiary/aromatic N) is 3. The average molecular weight is 392 g/mol. The third-order valence-corrected chi connectivity index (χ3v) is 4.98. The number of rotatable bonds is 5. The SMILES string of the molecule is CCn1c(SCc2ccc(Br)cc2)nnc1-c1ccc(F)cc1. The van der Waals surface area contributed by atoms with Gasteiger partial charge in [0.05, 0.1) is 0 Å². The van der Waals surface area contributed by atoms with E-state index in [0.29, 0.717) is 0 Å². The van der Waals surface area contributed by atoms with Gasteiger partial charge in [0.25, 0.3) is 0 Å². The summed E-state index contributed by atoms with van der Waals surface area (Å²) in [6, 6.07) is 14.6. The molecule has 0 saturated heterocycles. The van der Waals surface area contributed by atoms with E-state index in [4.69, 9.17) is 0 Å². The van der Waals surface area contributed by atoms with E-state index < -0.39 is 0 Å². The fourth-order valence-corrected chi connectivity index (χ4v) is 3.44. The van der Waals surface area contributed by atoms with E-state index in [1.165, 1.54) is 17.7 Å². The van der Waals surface area contributed by atoms with Gasteiger partial charge in [0.15, 0.2) is 11.0 Å². The fourth-order valence-electron chi connectivity index (χ4n) is 2.22. The van der Waals surface area contributed by atoms with Crippen LogP contribution in [0.5, 0.6) is 0 Å². The van der Waals surface area contributed by atoms with E-state index in [1.807, 2.05) is 12.1 Å². The van der Waals surface area contributed by atoms with E-state index in [0.717, 1.165) is 33.3 Å². The van der Waals surface area contributed by atoms with Crippen molar-refractivity contribution >= 4 is 27.7 Å². The predicted molar refractivity (Wildman–Crippen MR) is 94.8 cm³/mol. The second-order valence-corrected chi connectivity index (χ2v) is 6.83. The van der Waals surface area contributed by atoms with Gasteiger partial charge in [0.2, 0.25) is 0 Å². The zero-order chi connectivity index (χ0) is 16.2. The molecule has 23 heavy (non-hydrogen) atoms. The average Bonchev–Trinajstić information content (AvgIpc) is 2.98. The molecule has 2 aromatic carbocycles. The summed E-state index contributed by atoms with van der Waals surface area (Å²) >= 11 is 5.09. The highest BCUT2D eigenvalue weighted by Crippen LogP contribution is 2.26. The molecule has 0 radical (unpaired) electrons. The normalized spacial score (nSPS) is 10.9. The van der Waals surface area contributed by atoms with E-state index in [-0.39, 0.29) is 5.82 Å². The van der Waals surface area contributed by atoms with Crippen LogP contribution in [0.1, 0.15) is 12.5 Å². The lowest BCUT2D eigenvalue weighted by Crippen LogP contribution is -2.00. The summed E-state index contributed by atoms with van der Waals surface area (Å²) in [4.78, 5) is 0. The molecule has 1 aromatic heterocycles. The van der Waals surface area contributed by atoms with Gasteiger partial charge in [-0.15, -0.1) is 10.2 Å². The molecule has 0 N–H and O–H groups in total. The molecular weight excluding hydrogens is 377 g/mol. The minimum Gasteiger partial charge on any atom is -0.302 e. The highest BCUT2D eigenvalue weighted by atomic mass is 79.9. The monoisotopic (exact) mass is 391 g/mol. The van der Waals surface area contributed by atoms with E-state index >= 15 is 0 Å². The van der Waals surface area contributed by atoms with Crippen molar-refractivity contribution in [3.8, 4) is 11.4 Å². The van der Waals surface area contributed by atoms with Crippen LogP contribution in [0.25, 0.3) is 11.4 Å². The first-order valence-corrected chi connectivity index (χ1v) is 9.01. The standard InChI is InChI=1S/C17H15BrFN3S/c1-2-22-16(13-5-9-15(19)10-6-13)20-21-17(22)23-11-12-3-7-14(18)8-4-12/h3-10H,2,11H2,1H3. The summed E-state index contributed by atoms with van der Waals surface area (Å²) in [5.41, 5.74) is 2.10. The van der Waals surface area contributed by atoms with Gasteiger partial charge in [0, 0.05) is 22.3 Å². The van der Waals surface area contributed by atoms with Gasteiger partial charge in [-0.2, -0.15) is 0 Å². The zero-order valence-electron chi connectivity index (χ0n) is 12.5. The van der Waals surface area contributed by atoms with Crippen LogP contribution in [0.3, 0.4) is 0 Å². The minimum absolute atomic E-state index is 0.249. The molecule has 3 aromatic rings. The number of thioether (sulfide) groups is 1. The lowest BCUT2D eigenvalue weighted by Gasteiger charge is -2.07. The van der Waals surface area contributed by atoms with Gasteiger partial charge < -0.3 is 4.57 Å². The Bertz CT molecular complexity index is 785. The summed E-state index contributed by atoms with van der Waals surface area (Å²) < 4.78 is 16.2. The summed E-state index contributed by atoms with van der Waals surface area (Å²) in [6.45, 7) is 2.82. The van der Waals surface area contributed by atoms with Crippen LogP contribution in [0.2, 0.25) is 0 Å². The quantitative estimate of drug-likeness (QED) is 0.562. The van der Waals surface area contributed by atoms with Crippen LogP contribution in [-0.4, -0.2) is 14.8 Å². The Hall–Kier alpha value is -1.66. The maximum atomic E-state index is 13.1. The molecule has 0 spiro atoms. The summed E-state index contributed by atoms with van der Waals surface area (Å²) in [7, 11) is 0. The molecule has 3 rings (SSSR count). The van der Waals surface area contributed by atoms with Gasteiger partial charge in [-0.05, 0) is 48.9 Å². The van der Waals surface area contributed by atoms with E-state index in [1.54, 1.807) is 23.9 Å². The Morgan fingerprint density at radius 2 is 1.74 bits per heavy atom. The lowest BCUT2D eigenvalue weighted by atomic mass is 10.2. The van der Waals surface area contributed by atoms with Crippen molar-refractivity contribution in [3.63, 3.8) is 0 Å². The van der Waals surface area contributed by atoms with E-state index in [2.05, 4.69) is 49.8 Å². The third-order valence-electron chi connectivity index (χ3n) is 3.42.